The van der Waals surface area contributed by atoms with Gasteiger partial charge in [-0.2, -0.15) is 0 Å². The molecule has 6 nitrogen and oxygen atoms in total. The van der Waals surface area contributed by atoms with Gasteiger partial charge in [-0.3, -0.25) is 4.79 Å². The number of carbonyl (C=O) groups is 2. The number of anilines is 1. The number of nitrogens with one attached hydrogen (secondary N) is 1. The van der Waals surface area contributed by atoms with Crippen LogP contribution in [0, 0.1) is 6.92 Å². The van der Waals surface area contributed by atoms with Crippen LogP contribution in [0.1, 0.15) is 26.3 Å². The highest BCUT2D eigenvalue weighted by molar-refractivity contribution is 9.10. The van der Waals surface area contributed by atoms with E-state index >= 15 is 0 Å². The first-order valence-electron chi connectivity index (χ1n) is 7.20. The molecule has 0 saturated carbocycles. The van der Waals surface area contributed by atoms with Crippen LogP contribution in [0.15, 0.2) is 34.8 Å². The van der Waals surface area contributed by atoms with Crippen molar-refractivity contribution in [2.45, 2.75) is 6.92 Å². The quantitative estimate of drug-likeness (QED) is 0.836. The third-order valence-corrected chi connectivity index (χ3v) is 4.44. The zero-order valence-electron chi connectivity index (χ0n) is 12.8. The molecule has 1 heterocycles. The number of carboxylic acid groups (broad SMARTS) is 1. The third kappa shape index (κ3) is 3.21. The van der Waals surface area contributed by atoms with Crippen molar-refractivity contribution in [2.24, 2.45) is 0 Å². The van der Waals surface area contributed by atoms with Gasteiger partial charge in [0, 0.05) is 21.8 Å². The lowest BCUT2D eigenvalue weighted by Gasteiger charge is -2.21. The molecule has 1 aliphatic heterocycles. The molecule has 24 heavy (non-hydrogen) atoms. The minimum atomic E-state index is -1.15. The van der Waals surface area contributed by atoms with Gasteiger partial charge in [-0.1, -0.05) is 15.9 Å². The molecule has 0 atom stereocenters. The van der Waals surface area contributed by atoms with Gasteiger partial charge in [0.05, 0.1) is 0 Å². The number of halogens is 1. The molecule has 0 radical (unpaired) electrons. The molecular weight excluding hydrogens is 378 g/mol. The monoisotopic (exact) mass is 391 g/mol. The van der Waals surface area contributed by atoms with Crippen LogP contribution >= 0.6 is 15.9 Å². The maximum absolute atomic E-state index is 12.4. The summed E-state index contributed by atoms with van der Waals surface area (Å²) in [5.41, 5.74) is 1.69. The van der Waals surface area contributed by atoms with Crippen LogP contribution in [-0.4, -0.2) is 30.2 Å². The predicted octanol–water partition coefficient (Wildman–Crippen LogP) is 3.48. The Kier molecular flexibility index (Phi) is 4.44. The lowest BCUT2D eigenvalue weighted by Crippen LogP contribution is -2.19. The molecule has 2 aromatic carbocycles. The molecule has 2 aromatic rings. The number of aromatic carboxylic acids is 1. The summed E-state index contributed by atoms with van der Waals surface area (Å²) in [6, 6.07) is 8.14. The predicted molar refractivity (Wildman–Crippen MR) is 91.2 cm³/mol. The van der Waals surface area contributed by atoms with Gasteiger partial charge in [-0.15, -0.1) is 0 Å². The summed E-state index contributed by atoms with van der Waals surface area (Å²) in [4.78, 5) is 23.8. The number of ether oxygens (including phenoxy) is 2. The van der Waals surface area contributed by atoms with Crippen molar-refractivity contribution in [1.82, 2.24) is 0 Å². The molecular formula is C17H14BrNO5. The number of carboxylic acids is 1. The third-order valence-electron chi connectivity index (χ3n) is 3.55. The molecule has 2 N–H and O–H groups in total. The molecule has 0 bridgehead atoms. The van der Waals surface area contributed by atoms with Gasteiger partial charge in [0.15, 0.2) is 11.5 Å². The van der Waals surface area contributed by atoms with Crippen molar-refractivity contribution in [1.29, 1.82) is 0 Å². The van der Waals surface area contributed by atoms with Crippen molar-refractivity contribution < 1.29 is 24.2 Å². The Morgan fingerprint density at radius 1 is 1.17 bits per heavy atom. The Balaban J connectivity index is 1.92. The van der Waals surface area contributed by atoms with Gasteiger partial charge in [0.1, 0.15) is 18.8 Å². The first-order valence-corrected chi connectivity index (χ1v) is 7.99. The van der Waals surface area contributed by atoms with E-state index in [9.17, 15) is 14.7 Å². The summed E-state index contributed by atoms with van der Waals surface area (Å²) in [7, 11) is 0. The zero-order chi connectivity index (χ0) is 17.3. The van der Waals surface area contributed by atoms with Crippen LogP contribution in [0.5, 0.6) is 11.5 Å². The largest absolute Gasteiger partial charge is 0.486 e. The van der Waals surface area contributed by atoms with E-state index in [0.717, 1.165) is 10.0 Å². The van der Waals surface area contributed by atoms with Crippen LogP contribution in [0.4, 0.5) is 5.69 Å². The highest BCUT2D eigenvalue weighted by atomic mass is 79.9. The highest BCUT2D eigenvalue weighted by Crippen LogP contribution is 2.37. The van der Waals surface area contributed by atoms with E-state index in [0.29, 0.717) is 23.6 Å². The topological polar surface area (TPSA) is 84.9 Å². The maximum atomic E-state index is 12.4. The van der Waals surface area contributed by atoms with Crippen molar-refractivity contribution in [3.05, 3.63) is 51.5 Å². The van der Waals surface area contributed by atoms with E-state index in [2.05, 4.69) is 21.2 Å². The number of hydrogen-bond acceptors (Lipinski definition) is 4. The van der Waals surface area contributed by atoms with Crippen molar-refractivity contribution in [2.75, 3.05) is 18.5 Å². The molecule has 0 fully saturated rings. The maximum Gasteiger partial charge on any atom is 0.339 e. The zero-order valence-corrected chi connectivity index (χ0v) is 14.3. The normalized spacial score (nSPS) is 12.6. The molecule has 1 aliphatic rings. The second kappa shape index (κ2) is 6.52. The molecule has 7 heteroatoms. The van der Waals surface area contributed by atoms with E-state index in [-0.39, 0.29) is 23.8 Å². The van der Waals surface area contributed by atoms with E-state index in [1.165, 1.54) is 6.07 Å². The minimum absolute atomic E-state index is 0.0468. The summed E-state index contributed by atoms with van der Waals surface area (Å²) in [6.45, 7) is 2.50. The summed E-state index contributed by atoms with van der Waals surface area (Å²) < 4.78 is 11.7. The number of benzene rings is 2. The van der Waals surface area contributed by atoms with Crippen LogP contribution in [0.25, 0.3) is 0 Å². The highest BCUT2D eigenvalue weighted by Gasteiger charge is 2.22. The Morgan fingerprint density at radius 3 is 2.62 bits per heavy atom. The Hall–Kier alpha value is -2.54. The number of aryl methyl sites for hydroxylation is 1. The van der Waals surface area contributed by atoms with Gasteiger partial charge in [0.25, 0.3) is 5.91 Å². The molecule has 0 aromatic heterocycles. The van der Waals surface area contributed by atoms with E-state index < -0.39 is 5.97 Å². The van der Waals surface area contributed by atoms with Gasteiger partial charge in [-0.25, -0.2) is 4.79 Å². The molecule has 1 amide bonds. The summed E-state index contributed by atoms with van der Waals surface area (Å²) in [5.74, 6) is -0.986. The van der Waals surface area contributed by atoms with Crippen molar-refractivity contribution in [3.8, 4) is 11.5 Å². The second-order valence-corrected chi connectivity index (χ2v) is 6.13. The summed E-state index contributed by atoms with van der Waals surface area (Å²) in [5, 5.41) is 12.0. The number of fused-ring (bicyclic) bond motifs is 1. The summed E-state index contributed by atoms with van der Waals surface area (Å²) >= 11 is 3.38. The molecule has 3 rings (SSSR count). The molecule has 0 aliphatic carbocycles. The van der Waals surface area contributed by atoms with E-state index in [4.69, 9.17) is 9.47 Å². The van der Waals surface area contributed by atoms with Gasteiger partial charge in [-0.05, 0) is 36.8 Å². The lowest BCUT2D eigenvalue weighted by molar-refractivity contribution is 0.0686. The van der Waals surface area contributed by atoms with Crippen molar-refractivity contribution >= 4 is 33.5 Å². The number of carbonyl (C=O) groups excluding carboxylic acids is 1. The Labute approximate surface area is 146 Å². The first kappa shape index (κ1) is 16.3. The fourth-order valence-electron chi connectivity index (χ4n) is 2.37. The average Bonchev–Trinajstić information content (AvgIpc) is 2.56. The minimum Gasteiger partial charge on any atom is -0.486 e. The Bertz CT molecular complexity index is 834. The summed E-state index contributed by atoms with van der Waals surface area (Å²) in [6.07, 6.45) is 0. The van der Waals surface area contributed by atoms with E-state index in [1.807, 2.05) is 6.92 Å². The molecule has 0 spiro atoms. The fourth-order valence-corrected chi connectivity index (χ4v) is 2.62. The second-order valence-electron chi connectivity index (χ2n) is 5.27. The molecule has 0 unspecified atom stereocenters. The van der Waals surface area contributed by atoms with Crippen LogP contribution < -0.4 is 14.8 Å². The number of amides is 1. The first-order chi connectivity index (χ1) is 11.5. The Morgan fingerprint density at radius 2 is 1.92 bits per heavy atom. The van der Waals surface area contributed by atoms with E-state index in [1.54, 1.807) is 24.3 Å². The van der Waals surface area contributed by atoms with Crippen molar-refractivity contribution in [3.63, 3.8) is 0 Å². The van der Waals surface area contributed by atoms with Crippen LogP contribution in [0.3, 0.4) is 0 Å². The van der Waals surface area contributed by atoms with Gasteiger partial charge in [0.2, 0.25) is 0 Å². The molecule has 0 saturated heterocycles. The number of hydrogen-bond donors (Lipinski definition) is 2. The van der Waals surface area contributed by atoms with Gasteiger partial charge < -0.3 is 19.9 Å². The average molecular weight is 392 g/mol. The fraction of sp³-hybridized carbons (Fsp3) is 0.176. The lowest BCUT2D eigenvalue weighted by atomic mass is 10.1. The SMILES string of the molecule is Cc1cc(C(=O)Nc2cc3c(c(C(=O)O)c2)OCCO3)ccc1Br. The van der Waals surface area contributed by atoms with Crippen LogP contribution in [-0.2, 0) is 0 Å². The molecule has 124 valence electrons. The van der Waals surface area contributed by atoms with Crippen LogP contribution in [0.2, 0.25) is 0 Å². The van der Waals surface area contributed by atoms with Gasteiger partial charge >= 0.3 is 5.97 Å². The standard InChI is InChI=1S/C17H14BrNO5/c1-9-6-10(2-3-13(9)18)16(20)19-11-7-12(17(21)22)15-14(8-11)23-4-5-24-15/h2-3,6-8H,4-5H2,1H3,(H,19,20)(H,21,22). The number of rotatable bonds is 3. The smallest absolute Gasteiger partial charge is 0.339 e.